The number of nitrogens with zero attached hydrogens (tertiary/aromatic N) is 3. The van der Waals surface area contributed by atoms with Crippen molar-refractivity contribution in [3.8, 4) is 0 Å². The van der Waals surface area contributed by atoms with Gasteiger partial charge in [0.1, 0.15) is 6.04 Å². The first-order valence-corrected chi connectivity index (χ1v) is 7.88. The third-order valence-electron chi connectivity index (χ3n) is 4.76. The molecule has 0 bridgehead atoms. The molecule has 2 aliphatic rings. The number of rotatable bonds is 2. The van der Waals surface area contributed by atoms with E-state index in [2.05, 4.69) is 0 Å². The van der Waals surface area contributed by atoms with Crippen LogP contribution in [0.15, 0.2) is 24.3 Å². The van der Waals surface area contributed by atoms with Crippen molar-refractivity contribution in [2.24, 2.45) is 0 Å². The van der Waals surface area contributed by atoms with Crippen LogP contribution in [0.2, 0.25) is 0 Å². The summed E-state index contributed by atoms with van der Waals surface area (Å²) >= 11 is 0. The summed E-state index contributed by atoms with van der Waals surface area (Å²) in [5.74, 6) is 0.0435. The van der Waals surface area contributed by atoms with Crippen LogP contribution in [0, 0.1) is 0 Å². The second-order valence-corrected chi connectivity index (χ2v) is 6.41. The molecule has 2 atom stereocenters. The third kappa shape index (κ3) is 2.45. The SMILES string of the molecule is C[C@H]1C(=O)N2CCC[C@H]2CN1C(=O)c1cccc(N(C)C)c1. The number of fused-ring (bicyclic) bond motifs is 1. The molecule has 2 aliphatic heterocycles. The van der Waals surface area contributed by atoms with Crippen molar-refractivity contribution in [3.05, 3.63) is 29.8 Å². The summed E-state index contributed by atoms with van der Waals surface area (Å²) in [6.07, 6.45) is 2.04. The maximum absolute atomic E-state index is 12.9. The van der Waals surface area contributed by atoms with Crippen LogP contribution < -0.4 is 4.90 Å². The maximum Gasteiger partial charge on any atom is 0.254 e. The fourth-order valence-electron chi connectivity index (χ4n) is 3.42. The van der Waals surface area contributed by atoms with Crippen molar-refractivity contribution in [3.63, 3.8) is 0 Å². The highest BCUT2D eigenvalue weighted by Gasteiger charge is 2.42. The Hall–Kier alpha value is -2.04. The van der Waals surface area contributed by atoms with Crippen LogP contribution >= 0.6 is 0 Å². The van der Waals surface area contributed by atoms with Gasteiger partial charge in [0.05, 0.1) is 0 Å². The van der Waals surface area contributed by atoms with E-state index in [4.69, 9.17) is 0 Å². The molecule has 0 saturated carbocycles. The number of piperazine rings is 1. The second kappa shape index (κ2) is 5.63. The zero-order valence-corrected chi connectivity index (χ0v) is 13.5. The van der Waals surface area contributed by atoms with Crippen molar-refractivity contribution in [2.45, 2.75) is 31.8 Å². The average Bonchev–Trinajstić information content (AvgIpc) is 2.99. The molecule has 2 amide bonds. The third-order valence-corrected chi connectivity index (χ3v) is 4.76. The molecular formula is C17H23N3O2. The molecule has 0 spiro atoms. The molecule has 0 aromatic heterocycles. The smallest absolute Gasteiger partial charge is 0.254 e. The summed E-state index contributed by atoms with van der Waals surface area (Å²) in [6.45, 7) is 3.33. The van der Waals surface area contributed by atoms with Crippen molar-refractivity contribution < 1.29 is 9.59 Å². The topological polar surface area (TPSA) is 43.9 Å². The van der Waals surface area contributed by atoms with Crippen LogP contribution in [0.4, 0.5) is 5.69 Å². The molecular weight excluding hydrogens is 278 g/mol. The van der Waals surface area contributed by atoms with E-state index in [1.165, 1.54) is 0 Å². The lowest BCUT2D eigenvalue weighted by molar-refractivity contribution is -0.141. The van der Waals surface area contributed by atoms with E-state index >= 15 is 0 Å². The minimum Gasteiger partial charge on any atom is -0.378 e. The van der Waals surface area contributed by atoms with Gasteiger partial charge < -0.3 is 14.7 Å². The molecule has 22 heavy (non-hydrogen) atoms. The van der Waals surface area contributed by atoms with Gasteiger partial charge in [-0.1, -0.05) is 6.07 Å². The van der Waals surface area contributed by atoms with Gasteiger partial charge in [-0.2, -0.15) is 0 Å². The fraction of sp³-hybridized carbons (Fsp3) is 0.529. The number of hydrogen-bond donors (Lipinski definition) is 0. The molecule has 0 N–H and O–H groups in total. The highest BCUT2D eigenvalue weighted by atomic mass is 16.2. The normalized spacial score (nSPS) is 24.4. The van der Waals surface area contributed by atoms with Crippen LogP contribution in [0.25, 0.3) is 0 Å². The lowest BCUT2D eigenvalue weighted by Gasteiger charge is -2.41. The Morgan fingerprint density at radius 2 is 2.09 bits per heavy atom. The molecule has 1 aromatic rings. The Labute approximate surface area is 131 Å². The second-order valence-electron chi connectivity index (χ2n) is 6.41. The number of anilines is 1. The van der Waals surface area contributed by atoms with Crippen molar-refractivity contribution >= 4 is 17.5 Å². The van der Waals surface area contributed by atoms with E-state index in [-0.39, 0.29) is 23.9 Å². The van der Waals surface area contributed by atoms with Crippen LogP contribution in [-0.2, 0) is 4.79 Å². The zero-order valence-electron chi connectivity index (χ0n) is 13.5. The largest absolute Gasteiger partial charge is 0.378 e. The van der Waals surface area contributed by atoms with E-state index in [0.29, 0.717) is 12.1 Å². The molecule has 2 saturated heterocycles. The highest BCUT2D eigenvalue weighted by Crippen LogP contribution is 2.27. The van der Waals surface area contributed by atoms with Crippen LogP contribution in [0.1, 0.15) is 30.1 Å². The van der Waals surface area contributed by atoms with E-state index < -0.39 is 0 Å². The number of hydrogen-bond acceptors (Lipinski definition) is 3. The lowest BCUT2D eigenvalue weighted by atomic mass is 10.0. The quantitative estimate of drug-likeness (QED) is 0.833. The van der Waals surface area contributed by atoms with Crippen molar-refractivity contribution in [1.82, 2.24) is 9.80 Å². The summed E-state index contributed by atoms with van der Waals surface area (Å²) < 4.78 is 0. The standard InChI is InChI=1S/C17H23N3O2/c1-12-16(21)19-9-5-8-15(19)11-20(12)17(22)13-6-4-7-14(10-13)18(2)3/h4,6-7,10,12,15H,5,8-9,11H2,1-3H3/t12-,15-/m0/s1. The molecule has 3 rings (SSSR count). The zero-order chi connectivity index (χ0) is 15.9. The molecule has 1 aromatic carbocycles. The van der Waals surface area contributed by atoms with Crippen LogP contribution in [0.5, 0.6) is 0 Å². The van der Waals surface area contributed by atoms with Gasteiger partial charge >= 0.3 is 0 Å². The lowest BCUT2D eigenvalue weighted by Crippen LogP contribution is -2.60. The van der Waals surface area contributed by atoms with E-state index in [0.717, 1.165) is 25.1 Å². The predicted octanol–water partition coefficient (Wildman–Crippen LogP) is 1.59. The first-order valence-electron chi connectivity index (χ1n) is 7.88. The minimum atomic E-state index is -0.370. The first-order chi connectivity index (χ1) is 10.5. The number of carbonyl (C=O) groups is 2. The molecule has 5 nitrogen and oxygen atoms in total. The van der Waals surface area contributed by atoms with Gasteiger partial charge in [-0.15, -0.1) is 0 Å². The minimum absolute atomic E-state index is 0.0453. The summed E-state index contributed by atoms with van der Waals surface area (Å²) in [5.41, 5.74) is 1.64. The maximum atomic E-state index is 12.9. The van der Waals surface area contributed by atoms with Crippen LogP contribution in [0.3, 0.4) is 0 Å². The Bertz CT molecular complexity index is 599. The highest BCUT2D eigenvalue weighted by molar-refractivity contribution is 5.99. The van der Waals surface area contributed by atoms with E-state index in [1.54, 1.807) is 4.90 Å². The summed E-state index contributed by atoms with van der Waals surface area (Å²) in [6, 6.07) is 7.41. The Morgan fingerprint density at radius 3 is 2.82 bits per heavy atom. The summed E-state index contributed by atoms with van der Waals surface area (Å²) in [4.78, 5) is 31.0. The molecule has 0 radical (unpaired) electrons. The Balaban J connectivity index is 1.85. The number of amides is 2. The van der Waals surface area contributed by atoms with Gasteiger partial charge in [-0.05, 0) is 38.0 Å². The van der Waals surface area contributed by atoms with E-state index in [1.807, 2.05) is 55.1 Å². The Morgan fingerprint density at radius 1 is 1.32 bits per heavy atom. The average molecular weight is 301 g/mol. The molecule has 0 aliphatic carbocycles. The molecule has 2 heterocycles. The summed E-state index contributed by atoms with van der Waals surface area (Å²) in [5, 5.41) is 0. The number of carbonyl (C=O) groups excluding carboxylic acids is 2. The first kappa shape index (κ1) is 14.9. The van der Waals surface area contributed by atoms with Crippen LogP contribution in [-0.4, -0.2) is 60.9 Å². The molecule has 0 unspecified atom stereocenters. The Kier molecular flexibility index (Phi) is 3.81. The fourth-order valence-corrected chi connectivity index (χ4v) is 3.42. The molecule has 5 heteroatoms. The monoisotopic (exact) mass is 301 g/mol. The number of benzene rings is 1. The van der Waals surface area contributed by atoms with Gasteiger partial charge in [0.15, 0.2) is 0 Å². The van der Waals surface area contributed by atoms with Gasteiger partial charge in [0.2, 0.25) is 5.91 Å². The van der Waals surface area contributed by atoms with Gasteiger partial charge in [-0.25, -0.2) is 0 Å². The van der Waals surface area contributed by atoms with Gasteiger partial charge in [0.25, 0.3) is 5.91 Å². The summed E-state index contributed by atoms with van der Waals surface area (Å²) in [7, 11) is 3.90. The van der Waals surface area contributed by atoms with Gasteiger partial charge in [0, 0.05) is 44.5 Å². The van der Waals surface area contributed by atoms with Crippen molar-refractivity contribution in [2.75, 3.05) is 32.1 Å². The van der Waals surface area contributed by atoms with Gasteiger partial charge in [-0.3, -0.25) is 9.59 Å². The van der Waals surface area contributed by atoms with Crippen molar-refractivity contribution in [1.29, 1.82) is 0 Å². The molecule has 2 fully saturated rings. The predicted molar refractivity (Wildman–Crippen MR) is 86.0 cm³/mol. The molecule has 118 valence electrons. The van der Waals surface area contributed by atoms with E-state index in [9.17, 15) is 9.59 Å².